The molecule has 0 N–H and O–H groups in total. The highest BCUT2D eigenvalue weighted by Gasteiger charge is 2.29. The number of piperazine rings is 1. The largest absolute Gasteiger partial charge is 0.360 e. The molecule has 2 heterocycles. The fourth-order valence-corrected chi connectivity index (χ4v) is 4.44. The van der Waals surface area contributed by atoms with Crippen molar-refractivity contribution < 1.29 is 12.9 Å². The molecule has 0 unspecified atom stereocenters. The summed E-state index contributed by atoms with van der Waals surface area (Å²) in [4.78, 5) is 2.30. The molecule has 1 aromatic carbocycles. The number of aryl methyl sites for hydroxylation is 1. The van der Waals surface area contributed by atoms with Gasteiger partial charge in [-0.05, 0) is 25.1 Å². The van der Waals surface area contributed by atoms with E-state index in [1.807, 2.05) is 13.0 Å². The third-order valence-electron chi connectivity index (χ3n) is 3.92. The van der Waals surface area contributed by atoms with Gasteiger partial charge in [0.15, 0.2) is 5.76 Å². The second kappa shape index (κ2) is 7.01. The summed E-state index contributed by atoms with van der Waals surface area (Å²) in [6, 6.07) is 6.26. The van der Waals surface area contributed by atoms with Crippen LogP contribution in [-0.2, 0) is 16.6 Å². The van der Waals surface area contributed by atoms with E-state index < -0.39 is 10.0 Å². The van der Waals surface area contributed by atoms with Crippen LogP contribution in [0, 0.1) is 6.92 Å². The Labute approximate surface area is 151 Å². The van der Waals surface area contributed by atoms with E-state index >= 15 is 0 Å². The first-order chi connectivity index (χ1) is 11.4. The van der Waals surface area contributed by atoms with Gasteiger partial charge in [-0.1, -0.05) is 28.4 Å². The lowest BCUT2D eigenvalue weighted by Gasteiger charge is -2.33. The van der Waals surface area contributed by atoms with Gasteiger partial charge in [-0.25, -0.2) is 8.42 Å². The number of halogens is 2. The standard InChI is InChI=1S/C15H17Cl2N3O3S/c1-11-8-12(23-18-11)10-19-4-6-20(7-5-19)24(21,22)13-2-3-14(16)15(17)9-13/h2-3,8-9H,4-7,10H2,1H3. The lowest BCUT2D eigenvalue weighted by atomic mass is 10.3. The molecule has 1 aliphatic rings. The van der Waals surface area contributed by atoms with E-state index in [9.17, 15) is 8.42 Å². The molecule has 0 radical (unpaired) electrons. The van der Waals surface area contributed by atoms with Crippen LogP contribution in [0.4, 0.5) is 0 Å². The van der Waals surface area contributed by atoms with Crippen molar-refractivity contribution in [3.63, 3.8) is 0 Å². The SMILES string of the molecule is Cc1cc(CN2CCN(S(=O)(=O)c3ccc(Cl)c(Cl)c3)CC2)on1. The Kier molecular flexibility index (Phi) is 5.17. The highest BCUT2D eigenvalue weighted by molar-refractivity contribution is 7.89. The first-order valence-electron chi connectivity index (χ1n) is 7.46. The predicted octanol–water partition coefficient (Wildman–Crippen LogP) is 2.80. The van der Waals surface area contributed by atoms with Crippen LogP contribution >= 0.6 is 23.2 Å². The van der Waals surface area contributed by atoms with Crippen molar-refractivity contribution in [2.45, 2.75) is 18.4 Å². The van der Waals surface area contributed by atoms with Crippen LogP contribution in [0.1, 0.15) is 11.5 Å². The summed E-state index contributed by atoms with van der Waals surface area (Å²) >= 11 is 11.8. The van der Waals surface area contributed by atoms with E-state index in [1.165, 1.54) is 22.5 Å². The number of hydrogen-bond acceptors (Lipinski definition) is 5. The number of benzene rings is 1. The quantitative estimate of drug-likeness (QED) is 0.803. The highest BCUT2D eigenvalue weighted by Crippen LogP contribution is 2.27. The number of aromatic nitrogens is 1. The minimum absolute atomic E-state index is 0.163. The van der Waals surface area contributed by atoms with Crippen LogP contribution in [0.2, 0.25) is 10.0 Å². The lowest BCUT2D eigenvalue weighted by Crippen LogP contribution is -2.48. The summed E-state index contributed by atoms with van der Waals surface area (Å²) in [6.45, 7) is 4.57. The van der Waals surface area contributed by atoms with Crippen molar-refractivity contribution in [3.8, 4) is 0 Å². The molecule has 6 nitrogen and oxygen atoms in total. The second-order valence-corrected chi connectivity index (χ2v) is 8.44. The van der Waals surface area contributed by atoms with Gasteiger partial charge >= 0.3 is 0 Å². The van der Waals surface area contributed by atoms with Gasteiger partial charge in [-0.3, -0.25) is 4.90 Å². The summed E-state index contributed by atoms with van der Waals surface area (Å²) in [7, 11) is -3.57. The summed E-state index contributed by atoms with van der Waals surface area (Å²) in [5.74, 6) is 0.785. The summed E-state index contributed by atoms with van der Waals surface area (Å²) < 4.78 is 32.1. The number of sulfonamides is 1. The summed E-state index contributed by atoms with van der Waals surface area (Å²) in [6.07, 6.45) is 0. The van der Waals surface area contributed by atoms with Crippen molar-refractivity contribution in [2.24, 2.45) is 0 Å². The maximum Gasteiger partial charge on any atom is 0.243 e. The average Bonchev–Trinajstić information content (AvgIpc) is 2.95. The Bertz CT molecular complexity index is 830. The maximum absolute atomic E-state index is 12.7. The fraction of sp³-hybridized carbons (Fsp3) is 0.400. The van der Waals surface area contributed by atoms with Gasteiger partial charge in [0.1, 0.15) is 0 Å². The van der Waals surface area contributed by atoms with Crippen LogP contribution < -0.4 is 0 Å². The zero-order valence-corrected chi connectivity index (χ0v) is 15.4. The smallest absolute Gasteiger partial charge is 0.243 e. The molecule has 0 saturated carbocycles. The Morgan fingerprint density at radius 1 is 1.12 bits per heavy atom. The summed E-state index contributed by atoms with van der Waals surface area (Å²) in [5.41, 5.74) is 0.839. The van der Waals surface area contributed by atoms with Crippen LogP contribution in [0.3, 0.4) is 0 Å². The van der Waals surface area contributed by atoms with Gasteiger partial charge in [0.2, 0.25) is 10.0 Å². The van der Waals surface area contributed by atoms with Crippen molar-refractivity contribution in [1.82, 2.24) is 14.4 Å². The first kappa shape index (κ1) is 17.7. The van der Waals surface area contributed by atoms with E-state index in [0.717, 1.165) is 11.5 Å². The lowest BCUT2D eigenvalue weighted by molar-refractivity contribution is 0.166. The van der Waals surface area contributed by atoms with E-state index in [2.05, 4.69) is 10.1 Å². The predicted molar refractivity (Wildman–Crippen MR) is 91.7 cm³/mol. The molecular formula is C15H17Cl2N3O3S. The van der Waals surface area contributed by atoms with Crippen LogP contribution in [0.25, 0.3) is 0 Å². The first-order valence-corrected chi connectivity index (χ1v) is 9.65. The van der Waals surface area contributed by atoms with Gasteiger partial charge < -0.3 is 4.52 Å². The molecule has 0 atom stereocenters. The molecule has 2 aromatic rings. The van der Waals surface area contributed by atoms with Crippen LogP contribution in [0.15, 0.2) is 33.7 Å². The minimum Gasteiger partial charge on any atom is -0.360 e. The Balaban J connectivity index is 1.65. The molecule has 1 fully saturated rings. The molecule has 0 spiro atoms. The minimum atomic E-state index is -3.57. The second-order valence-electron chi connectivity index (χ2n) is 5.69. The molecule has 0 amide bonds. The van der Waals surface area contributed by atoms with Crippen molar-refractivity contribution in [3.05, 3.63) is 45.8 Å². The third-order valence-corrected chi connectivity index (χ3v) is 6.55. The van der Waals surface area contributed by atoms with Gasteiger partial charge in [0, 0.05) is 32.2 Å². The molecule has 0 aliphatic carbocycles. The topological polar surface area (TPSA) is 66.7 Å². The average molecular weight is 390 g/mol. The van der Waals surface area contributed by atoms with Crippen molar-refractivity contribution >= 4 is 33.2 Å². The van der Waals surface area contributed by atoms with E-state index in [4.69, 9.17) is 27.7 Å². The molecule has 130 valence electrons. The Morgan fingerprint density at radius 2 is 1.83 bits per heavy atom. The van der Waals surface area contributed by atoms with Gasteiger partial charge in [-0.2, -0.15) is 4.31 Å². The van der Waals surface area contributed by atoms with Crippen molar-refractivity contribution in [2.75, 3.05) is 26.2 Å². The Morgan fingerprint density at radius 3 is 2.42 bits per heavy atom. The van der Waals surface area contributed by atoms with Gasteiger partial charge in [0.25, 0.3) is 0 Å². The number of hydrogen-bond donors (Lipinski definition) is 0. The molecule has 0 bridgehead atoms. The normalized spacial score (nSPS) is 17.3. The molecular weight excluding hydrogens is 373 g/mol. The van der Waals surface area contributed by atoms with Crippen molar-refractivity contribution in [1.29, 1.82) is 0 Å². The molecule has 1 aliphatic heterocycles. The van der Waals surface area contributed by atoms with E-state index in [-0.39, 0.29) is 9.92 Å². The number of nitrogens with zero attached hydrogens (tertiary/aromatic N) is 3. The monoisotopic (exact) mass is 389 g/mol. The zero-order valence-electron chi connectivity index (χ0n) is 13.1. The fourth-order valence-electron chi connectivity index (χ4n) is 2.63. The molecule has 24 heavy (non-hydrogen) atoms. The maximum atomic E-state index is 12.7. The van der Waals surface area contributed by atoms with E-state index in [1.54, 1.807) is 0 Å². The highest BCUT2D eigenvalue weighted by atomic mass is 35.5. The molecule has 1 saturated heterocycles. The van der Waals surface area contributed by atoms with Crippen LogP contribution in [-0.4, -0.2) is 49.0 Å². The van der Waals surface area contributed by atoms with Gasteiger partial charge in [0.05, 0.1) is 27.2 Å². The van der Waals surface area contributed by atoms with Gasteiger partial charge in [-0.15, -0.1) is 0 Å². The number of rotatable bonds is 4. The Hall–Kier alpha value is -1.12. The van der Waals surface area contributed by atoms with E-state index in [0.29, 0.717) is 37.7 Å². The zero-order chi connectivity index (χ0) is 17.3. The summed E-state index contributed by atoms with van der Waals surface area (Å²) in [5, 5.41) is 4.43. The third kappa shape index (κ3) is 3.75. The van der Waals surface area contributed by atoms with Crippen LogP contribution in [0.5, 0.6) is 0 Å². The molecule has 3 rings (SSSR count). The molecule has 1 aromatic heterocycles. The molecule has 9 heteroatoms.